The van der Waals surface area contributed by atoms with Gasteiger partial charge in [0.25, 0.3) is 0 Å². The smallest absolute Gasteiger partial charge is 0.239 e. The SMILES string of the molecule is CC(CNC(=O)C(C)(C)N)CN1CCCCC1.Cl.Cl. The number of nitrogens with two attached hydrogens (primary N) is 1. The first-order valence-electron chi connectivity index (χ1n) is 6.69. The van der Waals surface area contributed by atoms with Crippen LogP contribution in [0.1, 0.15) is 40.0 Å². The average Bonchev–Trinajstić information content (AvgIpc) is 2.26. The first-order chi connectivity index (χ1) is 7.89. The molecule has 0 spiro atoms. The van der Waals surface area contributed by atoms with Crippen LogP contribution in [-0.2, 0) is 4.79 Å². The van der Waals surface area contributed by atoms with Gasteiger partial charge in [-0.3, -0.25) is 4.79 Å². The number of hydrogen-bond donors (Lipinski definition) is 2. The molecule has 1 amide bonds. The van der Waals surface area contributed by atoms with Crippen LogP contribution in [0.2, 0.25) is 0 Å². The van der Waals surface area contributed by atoms with Crippen molar-refractivity contribution in [1.29, 1.82) is 0 Å². The number of piperidine rings is 1. The molecule has 0 aromatic rings. The minimum atomic E-state index is -0.773. The number of hydrogen-bond acceptors (Lipinski definition) is 3. The van der Waals surface area contributed by atoms with E-state index in [2.05, 4.69) is 17.1 Å². The molecule has 4 nitrogen and oxygen atoms in total. The van der Waals surface area contributed by atoms with Gasteiger partial charge in [-0.05, 0) is 45.7 Å². The largest absolute Gasteiger partial charge is 0.354 e. The zero-order chi connectivity index (χ0) is 12.9. The molecule has 116 valence electrons. The second-order valence-electron chi connectivity index (χ2n) is 5.90. The molecule has 0 saturated carbocycles. The standard InChI is InChI=1S/C13H27N3O.2ClH/c1-11(9-15-12(17)13(2,3)14)10-16-7-5-4-6-8-16;;/h11H,4-10,14H2,1-3H3,(H,15,17);2*1H. The molecule has 6 heteroatoms. The van der Waals surface area contributed by atoms with Gasteiger partial charge in [-0.15, -0.1) is 24.8 Å². The zero-order valence-electron chi connectivity index (χ0n) is 12.3. The Hall–Kier alpha value is -0.0300. The fraction of sp³-hybridized carbons (Fsp3) is 0.923. The molecule has 0 aromatic heterocycles. The molecule has 0 bridgehead atoms. The molecule has 1 rings (SSSR count). The summed E-state index contributed by atoms with van der Waals surface area (Å²) >= 11 is 0. The fourth-order valence-corrected chi connectivity index (χ4v) is 2.14. The molecule has 1 aliphatic heterocycles. The number of carbonyl (C=O) groups excluding carboxylic acids is 1. The molecule has 1 atom stereocenters. The predicted octanol–water partition coefficient (Wildman–Crippen LogP) is 1.81. The Balaban J connectivity index is 0. The Bertz CT molecular complexity index is 251. The number of nitrogens with zero attached hydrogens (tertiary/aromatic N) is 1. The topological polar surface area (TPSA) is 58.4 Å². The summed E-state index contributed by atoms with van der Waals surface area (Å²) in [5.74, 6) is 0.419. The van der Waals surface area contributed by atoms with Crippen LogP contribution in [-0.4, -0.2) is 42.5 Å². The lowest BCUT2D eigenvalue weighted by Crippen LogP contribution is -2.50. The Morgan fingerprint density at radius 2 is 1.79 bits per heavy atom. The average molecular weight is 314 g/mol. The third kappa shape index (κ3) is 8.69. The van der Waals surface area contributed by atoms with Crippen molar-refractivity contribution in [2.45, 2.75) is 45.6 Å². The van der Waals surface area contributed by atoms with E-state index in [-0.39, 0.29) is 30.7 Å². The summed E-state index contributed by atoms with van der Waals surface area (Å²) in [7, 11) is 0. The lowest BCUT2D eigenvalue weighted by molar-refractivity contribution is -0.125. The van der Waals surface area contributed by atoms with Crippen LogP contribution < -0.4 is 11.1 Å². The third-order valence-electron chi connectivity index (χ3n) is 3.21. The molecular weight excluding hydrogens is 285 g/mol. The van der Waals surface area contributed by atoms with Crippen molar-refractivity contribution < 1.29 is 4.79 Å². The number of likely N-dealkylation sites (tertiary alicyclic amines) is 1. The van der Waals surface area contributed by atoms with Gasteiger partial charge >= 0.3 is 0 Å². The second-order valence-corrected chi connectivity index (χ2v) is 5.90. The van der Waals surface area contributed by atoms with E-state index in [0.29, 0.717) is 5.92 Å². The number of amides is 1. The van der Waals surface area contributed by atoms with Crippen molar-refractivity contribution in [3.05, 3.63) is 0 Å². The molecule has 0 aliphatic carbocycles. The summed E-state index contributed by atoms with van der Waals surface area (Å²) in [6.07, 6.45) is 3.99. The Kier molecular flexibility index (Phi) is 11.0. The normalized spacial score (nSPS) is 17.9. The third-order valence-corrected chi connectivity index (χ3v) is 3.21. The van der Waals surface area contributed by atoms with Gasteiger partial charge < -0.3 is 16.0 Å². The van der Waals surface area contributed by atoms with E-state index in [1.807, 2.05) is 0 Å². The highest BCUT2D eigenvalue weighted by Crippen LogP contribution is 2.10. The lowest BCUT2D eigenvalue weighted by atomic mass is 10.0. The van der Waals surface area contributed by atoms with Crippen LogP contribution in [0.15, 0.2) is 0 Å². The molecule has 1 saturated heterocycles. The van der Waals surface area contributed by atoms with Gasteiger partial charge in [0.05, 0.1) is 5.54 Å². The Labute approximate surface area is 129 Å². The van der Waals surface area contributed by atoms with E-state index < -0.39 is 5.54 Å². The molecule has 1 heterocycles. The zero-order valence-corrected chi connectivity index (χ0v) is 13.9. The van der Waals surface area contributed by atoms with Gasteiger partial charge in [0.2, 0.25) is 5.91 Å². The maximum absolute atomic E-state index is 11.6. The van der Waals surface area contributed by atoms with Crippen LogP contribution in [0.5, 0.6) is 0 Å². The molecular formula is C13H29Cl2N3O. The van der Waals surface area contributed by atoms with Gasteiger partial charge in [-0.2, -0.15) is 0 Å². The van der Waals surface area contributed by atoms with E-state index in [9.17, 15) is 4.79 Å². The minimum Gasteiger partial charge on any atom is -0.354 e. The number of halogens is 2. The quantitative estimate of drug-likeness (QED) is 0.813. The molecule has 3 N–H and O–H groups in total. The van der Waals surface area contributed by atoms with Gasteiger partial charge in [-0.25, -0.2) is 0 Å². The van der Waals surface area contributed by atoms with Crippen molar-refractivity contribution in [3.63, 3.8) is 0 Å². The minimum absolute atomic E-state index is 0. The molecule has 1 aliphatic rings. The Morgan fingerprint density at radius 3 is 2.26 bits per heavy atom. The van der Waals surface area contributed by atoms with E-state index in [4.69, 9.17) is 5.73 Å². The number of carbonyl (C=O) groups is 1. The fourth-order valence-electron chi connectivity index (χ4n) is 2.14. The summed E-state index contributed by atoms with van der Waals surface area (Å²) in [5.41, 5.74) is 4.95. The van der Waals surface area contributed by atoms with Gasteiger partial charge in [0, 0.05) is 13.1 Å². The lowest BCUT2D eigenvalue weighted by Gasteiger charge is -2.29. The second kappa shape index (κ2) is 9.81. The maximum atomic E-state index is 11.6. The van der Waals surface area contributed by atoms with Gasteiger partial charge in [-0.1, -0.05) is 13.3 Å². The highest BCUT2D eigenvalue weighted by Gasteiger charge is 2.22. The van der Waals surface area contributed by atoms with Crippen LogP contribution >= 0.6 is 24.8 Å². The highest BCUT2D eigenvalue weighted by atomic mass is 35.5. The van der Waals surface area contributed by atoms with Crippen molar-refractivity contribution in [2.24, 2.45) is 11.7 Å². The summed E-state index contributed by atoms with van der Waals surface area (Å²) in [4.78, 5) is 14.1. The summed E-state index contributed by atoms with van der Waals surface area (Å²) < 4.78 is 0. The van der Waals surface area contributed by atoms with Crippen molar-refractivity contribution >= 4 is 30.7 Å². The maximum Gasteiger partial charge on any atom is 0.239 e. The summed E-state index contributed by atoms with van der Waals surface area (Å²) in [5, 5.41) is 2.92. The van der Waals surface area contributed by atoms with Crippen molar-refractivity contribution in [3.8, 4) is 0 Å². The predicted molar refractivity (Wildman–Crippen MR) is 85.2 cm³/mol. The first kappa shape index (κ1) is 21.3. The molecule has 0 radical (unpaired) electrons. The molecule has 19 heavy (non-hydrogen) atoms. The van der Waals surface area contributed by atoms with Crippen molar-refractivity contribution in [2.75, 3.05) is 26.2 Å². The van der Waals surface area contributed by atoms with Crippen molar-refractivity contribution in [1.82, 2.24) is 10.2 Å². The van der Waals surface area contributed by atoms with Gasteiger partial charge in [0.15, 0.2) is 0 Å². The van der Waals surface area contributed by atoms with Gasteiger partial charge in [0.1, 0.15) is 0 Å². The first-order valence-corrected chi connectivity index (χ1v) is 6.69. The van der Waals surface area contributed by atoms with E-state index in [1.165, 1.54) is 32.4 Å². The van der Waals surface area contributed by atoms with Crippen LogP contribution in [0.3, 0.4) is 0 Å². The highest BCUT2D eigenvalue weighted by molar-refractivity contribution is 5.85. The number of rotatable bonds is 5. The van der Waals surface area contributed by atoms with E-state index in [0.717, 1.165) is 13.1 Å². The Morgan fingerprint density at radius 1 is 1.26 bits per heavy atom. The molecule has 1 fully saturated rings. The van der Waals surface area contributed by atoms with Crippen LogP contribution in [0.4, 0.5) is 0 Å². The summed E-state index contributed by atoms with van der Waals surface area (Å²) in [6, 6.07) is 0. The molecule has 0 aromatic carbocycles. The van der Waals surface area contributed by atoms with E-state index in [1.54, 1.807) is 13.8 Å². The summed E-state index contributed by atoms with van der Waals surface area (Å²) in [6.45, 7) is 9.86. The van der Waals surface area contributed by atoms with E-state index >= 15 is 0 Å². The number of nitrogens with one attached hydrogen (secondary N) is 1. The van der Waals surface area contributed by atoms with Crippen LogP contribution in [0.25, 0.3) is 0 Å². The molecule has 1 unspecified atom stereocenters. The van der Waals surface area contributed by atoms with Crippen LogP contribution in [0, 0.1) is 5.92 Å². The monoisotopic (exact) mass is 313 g/mol.